The lowest BCUT2D eigenvalue weighted by atomic mass is 10.1. The minimum absolute atomic E-state index is 0.158. The van der Waals surface area contributed by atoms with Crippen molar-refractivity contribution in [1.82, 2.24) is 10.5 Å². The van der Waals surface area contributed by atoms with Gasteiger partial charge >= 0.3 is 0 Å². The maximum absolute atomic E-state index is 12.1. The first kappa shape index (κ1) is 15.5. The Bertz CT molecular complexity index is 888. The van der Waals surface area contributed by atoms with Gasteiger partial charge in [0.15, 0.2) is 11.4 Å². The highest BCUT2D eigenvalue weighted by Crippen LogP contribution is 2.22. The van der Waals surface area contributed by atoms with Gasteiger partial charge in [-0.3, -0.25) is 4.79 Å². The third-order valence-corrected chi connectivity index (χ3v) is 3.59. The zero-order valence-electron chi connectivity index (χ0n) is 13.1. The largest absolute Gasteiger partial charge is 0.359 e. The average Bonchev–Trinajstić information content (AvgIpc) is 3.09. The molecule has 0 bridgehead atoms. The molecule has 2 aromatic carbocycles. The highest BCUT2D eigenvalue weighted by Gasteiger charge is 2.09. The lowest BCUT2D eigenvalue weighted by Gasteiger charge is -2.02. The molecule has 3 aromatic rings. The number of aromatic nitrogens is 1. The number of carbonyl (C=O) groups is 1. The summed E-state index contributed by atoms with van der Waals surface area (Å²) in [6, 6.07) is 16.3. The van der Waals surface area contributed by atoms with Gasteiger partial charge in [-0.2, -0.15) is 0 Å². The molecule has 1 aromatic heterocycles. The summed E-state index contributed by atoms with van der Waals surface area (Å²) in [5.41, 5.74) is 3.83. The second-order valence-electron chi connectivity index (χ2n) is 5.39. The van der Waals surface area contributed by atoms with E-state index in [0.29, 0.717) is 22.7 Å². The summed E-state index contributed by atoms with van der Waals surface area (Å²) in [7, 11) is 0. The predicted octanol–water partition coefficient (Wildman–Crippen LogP) is 4.13. The van der Waals surface area contributed by atoms with Gasteiger partial charge in [0.1, 0.15) is 5.69 Å². The van der Waals surface area contributed by atoms with Gasteiger partial charge in [-0.1, -0.05) is 47.1 Å². The minimum Gasteiger partial charge on any atom is -0.359 e. The van der Waals surface area contributed by atoms with Gasteiger partial charge in [-0.05, 0) is 19.1 Å². The van der Waals surface area contributed by atoms with Crippen LogP contribution in [0.15, 0.2) is 59.1 Å². The Labute approximate surface area is 139 Å². The van der Waals surface area contributed by atoms with Gasteiger partial charge in [0, 0.05) is 17.2 Å². The SMILES string of the molecule is [C-]#[N+]c1ccc(-c2cc(CNC(=O)c3ccc(C)cc3)on2)cc1. The third kappa shape index (κ3) is 3.50. The molecule has 0 radical (unpaired) electrons. The summed E-state index contributed by atoms with van der Waals surface area (Å²) in [6.45, 7) is 9.19. The fourth-order valence-corrected chi connectivity index (χ4v) is 2.21. The Morgan fingerprint density at radius 2 is 1.88 bits per heavy atom. The lowest BCUT2D eigenvalue weighted by molar-refractivity contribution is 0.0947. The fraction of sp³-hybridized carbons (Fsp3) is 0.105. The molecule has 118 valence electrons. The van der Waals surface area contributed by atoms with E-state index in [0.717, 1.165) is 11.1 Å². The van der Waals surface area contributed by atoms with Crippen molar-refractivity contribution >= 4 is 11.6 Å². The van der Waals surface area contributed by atoms with Crippen molar-refractivity contribution in [1.29, 1.82) is 0 Å². The second-order valence-corrected chi connectivity index (χ2v) is 5.39. The number of hydrogen-bond acceptors (Lipinski definition) is 3. The Morgan fingerprint density at radius 3 is 2.54 bits per heavy atom. The molecule has 24 heavy (non-hydrogen) atoms. The Morgan fingerprint density at radius 1 is 1.17 bits per heavy atom. The highest BCUT2D eigenvalue weighted by atomic mass is 16.5. The molecule has 0 aliphatic rings. The number of nitrogens with one attached hydrogen (secondary N) is 1. The Balaban J connectivity index is 1.64. The number of carbonyl (C=O) groups excluding carboxylic acids is 1. The zero-order valence-corrected chi connectivity index (χ0v) is 13.1. The van der Waals surface area contributed by atoms with Crippen LogP contribution in [-0.4, -0.2) is 11.1 Å². The molecule has 0 atom stereocenters. The molecule has 0 unspecified atom stereocenters. The molecule has 0 saturated carbocycles. The van der Waals surface area contributed by atoms with Crippen molar-refractivity contribution in [2.24, 2.45) is 0 Å². The molecular weight excluding hydrogens is 302 g/mol. The molecule has 0 fully saturated rings. The van der Waals surface area contributed by atoms with Crippen LogP contribution < -0.4 is 5.32 Å². The van der Waals surface area contributed by atoms with Gasteiger partial charge in [0.25, 0.3) is 5.91 Å². The molecule has 5 nitrogen and oxygen atoms in total. The van der Waals surface area contributed by atoms with Crippen LogP contribution in [0.5, 0.6) is 0 Å². The first-order valence-electron chi connectivity index (χ1n) is 7.44. The van der Waals surface area contributed by atoms with E-state index < -0.39 is 0 Å². The second kappa shape index (κ2) is 6.80. The maximum atomic E-state index is 12.1. The van der Waals surface area contributed by atoms with Crippen molar-refractivity contribution < 1.29 is 9.32 Å². The van der Waals surface area contributed by atoms with E-state index in [-0.39, 0.29) is 12.5 Å². The number of amides is 1. The molecular formula is C19H15N3O2. The minimum atomic E-state index is -0.158. The molecule has 5 heteroatoms. The van der Waals surface area contributed by atoms with Crippen LogP contribution >= 0.6 is 0 Å². The van der Waals surface area contributed by atoms with Gasteiger partial charge in [-0.25, -0.2) is 4.85 Å². The van der Waals surface area contributed by atoms with Gasteiger partial charge in [0.05, 0.1) is 13.1 Å². The molecule has 0 aliphatic carbocycles. The van der Waals surface area contributed by atoms with E-state index in [4.69, 9.17) is 11.1 Å². The van der Waals surface area contributed by atoms with Crippen LogP contribution in [0.1, 0.15) is 21.7 Å². The van der Waals surface area contributed by atoms with E-state index >= 15 is 0 Å². The van der Waals surface area contributed by atoms with E-state index in [9.17, 15) is 4.79 Å². The standard InChI is InChI=1S/C19H15N3O2/c1-13-3-5-15(6-4-13)19(23)21-12-17-11-18(22-24-17)14-7-9-16(20-2)10-8-14/h3-11H,12H2,1H3,(H,21,23). The van der Waals surface area contributed by atoms with Crippen molar-refractivity contribution in [3.8, 4) is 11.3 Å². The summed E-state index contributed by atoms with van der Waals surface area (Å²) >= 11 is 0. The number of nitrogens with zero attached hydrogens (tertiary/aromatic N) is 2. The smallest absolute Gasteiger partial charge is 0.251 e. The summed E-state index contributed by atoms with van der Waals surface area (Å²) in [5.74, 6) is 0.411. The number of hydrogen-bond donors (Lipinski definition) is 1. The van der Waals surface area contributed by atoms with Crippen LogP contribution in [0.2, 0.25) is 0 Å². The van der Waals surface area contributed by atoms with Crippen LogP contribution in [0.4, 0.5) is 5.69 Å². The molecule has 1 N–H and O–H groups in total. The van der Waals surface area contributed by atoms with Crippen molar-refractivity contribution in [3.63, 3.8) is 0 Å². The van der Waals surface area contributed by atoms with Crippen molar-refractivity contribution in [3.05, 3.63) is 82.9 Å². The quantitative estimate of drug-likeness (QED) is 0.736. The first-order valence-corrected chi connectivity index (χ1v) is 7.44. The van der Waals surface area contributed by atoms with E-state index in [1.807, 2.05) is 31.2 Å². The lowest BCUT2D eigenvalue weighted by Crippen LogP contribution is -2.22. The average molecular weight is 317 g/mol. The monoisotopic (exact) mass is 317 g/mol. The molecule has 0 spiro atoms. The summed E-state index contributed by atoms with van der Waals surface area (Å²) in [4.78, 5) is 15.4. The van der Waals surface area contributed by atoms with Crippen molar-refractivity contribution in [2.45, 2.75) is 13.5 Å². The molecule has 0 saturated heterocycles. The molecule has 3 rings (SSSR count). The van der Waals surface area contributed by atoms with Crippen LogP contribution in [0.25, 0.3) is 16.1 Å². The van der Waals surface area contributed by atoms with Crippen LogP contribution in [0.3, 0.4) is 0 Å². The Hall–Kier alpha value is -3.39. The Kier molecular flexibility index (Phi) is 4.39. The predicted molar refractivity (Wildman–Crippen MR) is 90.6 cm³/mol. The first-order chi connectivity index (χ1) is 11.7. The summed E-state index contributed by atoms with van der Waals surface area (Å²) < 4.78 is 5.26. The molecule has 1 amide bonds. The number of benzene rings is 2. The third-order valence-electron chi connectivity index (χ3n) is 3.59. The van der Waals surface area contributed by atoms with Crippen LogP contribution in [0, 0.1) is 13.5 Å². The van der Waals surface area contributed by atoms with Crippen molar-refractivity contribution in [2.75, 3.05) is 0 Å². The summed E-state index contributed by atoms with van der Waals surface area (Å²) in [6.07, 6.45) is 0. The van der Waals surface area contributed by atoms with E-state index in [1.54, 1.807) is 30.3 Å². The fourth-order valence-electron chi connectivity index (χ4n) is 2.21. The highest BCUT2D eigenvalue weighted by molar-refractivity contribution is 5.94. The summed E-state index contributed by atoms with van der Waals surface area (Å²) in [5, 5.41) is 6.81. The molecule has 0 aliphatic heterocycles. The number of aryl methyl sites for hydroxylation is 1. The zero-order chi connectivity index (χ0) is 16.9. The van der Waals surface area contributed by atoms with E-state index in [2.05, 4.69) is 15.3 Å². The topological polar surface area (TPSA) is 59.5 Å². The maximum Gasteiger partial charge on any atom is 0.251 e. The van der Waals surface area contributed by atoms with Gasteiger partial charge in [0.2, 0.25) is 0 Å². The van der Waals surface area contributed by atoms with Gasteiger partial charge in [-0.15, -0.1) is 0 Å². The van der Waals surface area contributed by atoms with Crippen LogP contribution in [-0.2, 0) is 6.54 Å². The van der Waals surface area contributed by atoms with E-state index in [1.165, 1.54) is 0 Å². The normalized spacial score (nSPS) is 10.2. The molecule has 1 heterocycles. The van der Waals surface area contributed by atoms with Gasteiger partial charge < -0.3 is 9.84 Å². The number of rotatable bonds is 4.